The Morgan fingerprint density at radius 2 is 1.70 bits per heavy atom. The maximum atomic E-state index is 13.8. The van der Waals surface area contributed by atoms with Gasteiger partial charge in [-0.2, -0.15) is 5.10 Å². The Hall–Kier alpha value is -2.88. The Balaban J connectivity index is 1.84. The second kappa shape index (κ2) is 7.03. The molecule has 0 aliphatic carbocycles. The van der Waals surface area contributed by atoms with Crippen LogP contribution in [-0.2, 0) is 16.4 Å². The fourth-order valence-electron chi connectivity index (χ4n) is 2.35. The first-order valence-electron chi connectivity index (χ1n) is 7.52. The van der Waals surface area contributed by atoms with E-state index in [1.165, 1.54) is 12.1 Å². The van der Waals surface area contributed by atoms with Gasteiger partial charge in [0.2, 0.25) is 9.84 Å². The van der Waals surface area contributed by atoms with Gasteiger partial charge in [0.15, 0.2) is 11.6 Å². The molecule has 0 saturated carbocycles. The van der Waals surface area contributed by atoms with Gasteiger partial charge >= 0.3 is 6.36 Å². The van der Waals surface area contributed by atoms with Crippen molar-refractivity contribution in [2.24, 2.45) is 0 Å². The highest BCUT2D eigenvalue weighted by molar-refractivity contribution is 7.91. The van der Waals surface area contributed by atoms with Crippen LogP contribution in [0.2, 0.25) is 0 Å². The average molecular weight is 400 g/mol. The second-order valence-corrected chi connectivity index (χ2v) is 7.44. The monoisotopic (exact) mass is 400 g/mol. The Labute approximate surface area is 151 Å². The Bertz CT molecular complexity index is 1030. The lowest BCUT2D eigenvalue weighted by molar-refractivity contribution is -0.275. The quantitative estimate of drug-likeness (QED) is 0.612. The molecule has 0 saturated heterocycles. The van der Waals surface area contributed by atoms with Crippen LogP contribution in [0.25, 0.3) is 0 Å². The van der Waals surface area contributed by atoms with Crippen LogP contribution in [0.5, 0.6) is 5.75 Å². The van der Waals surface area contributed by atoms with E-state index >= 15 is 0 Å². The average Bonchev–Trinajstić information content (AvgIpc) is 3.09. The van der Waals surface area contributed by atoms with Gasteiger partial charge in [-0.15, -0.1) is 13.2 Å². The number of aromatic nitrogens is 2. The predicted molar refractivity (Wildman–Crippen MR) is 86.3 cm³/mol. The molecule has 0 aliphatic heterocycles. The van der Waals surface area contributed by atoms with Crippen molar-refractivity contribution < 1.29 is 30.7 Å². The summed E-state index contributed by atoms with van der Waals surface area (Å²) >= 11 is 0. The topological polar surface area (TPSA) is 61.2 Å². The SMILES string of the molecule is O=S(=O)(c1ccc(Cn2cccn2)cc1)c1ccc(OC(F)(F)F)c(F)c1. The first-order chi connectivity index (χ1) is 12.6. The van der Waals surface area contributed by atoms with Gasteiger partial charge in [-0.1, -0.05) is 12.1 Å². The highest BCUT2D eigenvalue weighted by atomic mass is 32.2. The molecule has 10 heteroatoms. The van der Waals surface area contributed by atoms with E-state index < -0.39 is 32.7 Å². The summed E-state index contributed by atoms with van der Waals surface area (Å²) in [6.45, 7) is 0.436. The molecule has 0 bridgehead atoms. The summed E-state index contributed by atoms with van der Waals surface area (Å²) in [7, 11) is -4.10. The number of rotatable bonds is 5. The van der Waals surface area contributed by atoms with E-state index in [1.54, 1.807) is 35.3 Å². The summed E-state index contributed by atoms with van der Waals surface area (Å²) in [5.41, 5.74) is 0.790. The molecule has 0 unspecified atom stereocenters. The van der Waals surface area contributed by atoms with Crippen LogP contribution in [0.15, 0.2) is 70.7 Å². The third kappa shape index (κ3) is 4.45. The summed E-state index contributed by atoms with van der Waals surface area (Å²) in [5.74, 6) is -2.53. The summed E-state index contributed by atoms with van der Waals surface area (Å²) < 4.78 is 80.6. The number of sulfone groups is 1. The molecule has 0 N–H and O–H groups in total. The van der Waals surface area contributed by atoms with Crippen molar-refractivity contribution in [3.8, 4) is 5.75 Å². The van der Waals surface area contributed by atoms with Gasteiger partial charge in [0.25, 0.3) is 0 Å². The zero-order valence-electron chi connectivity index (χ0n) is 13.5. The third-order valence-corrected chi connectivity index (χ3v) is 5.34. The fourth-order valence-corrected chi connectivity index (χ4v) is 3.62. The minimum Gasteiger partial charge on any atom is -0.403 e. The van der Waals surface area contributed by atoms with Crippen molar-refractivity contribution in [1.29, 1.82) is 0 Å². The van der Waals surface area contributed by atoms with Gasteiger partial charge < -0.3 is 4.74 Å². The van der Waals surface area contributed by atoms with E-state index in [2.05, 4.69) is 9.84 Å². The lowest BCUT2D eigenvalue weighted by atomic mass is 10.2. The number of ether oxygens (including phenoxy) is 1. The highest BCUT2D eigenvalue weighted by Gasteiger charge is 2.32. The number of halogens is 4. The van der Waals surface area contributed by atoms with E-state index in [0.717, 1.165) is 11.6 Å². The summed E-state index contributed by atoms with van der Waals surface area (Å²) in [4.78, 5) is -0.593. The van der Waals surface area contributed by atoms with Crippen molar-refractivity contribution >= 4 is 9.84 Å². The predicted octanol–water partition coefficient (Wildman–Crippen LogP) is 3.80. The molecule has 0 amide bonds. The van der Waals surface area contributed by atoms with Crippen molar-refractivity contribution in [2.75, 3.05) is 0 Å². The first-order valence-corrected chi connectivity index (χ1v) is 9.00. The summed E-state index contributed by atoms with van der Waals surface area (Å²) in [6, 6.07) is 9.56. The fraction of sp³-hybridized carbons (Fsp3) is 0.118. The van der Waals surface area contributed by atoms with Crippen LogP contribution < -0.4 is 4.74 Å². The zero-order chi connectivity index (χ0) is 19.7. The minimum atomic E-state index is -5.08. The van der Waals surface area contributed by atoms with Gasteiger partial charge in [-0.3, -0.25) is 4.68 Å². The number of benzene rings is 2. The minimum absolute atomic E-state index is 0.115. The second-order valence-electron chi connectivity index (χ2n) is 5.49. The van der Waals surface area contributed by atoms with E-state index in [-0.39, 0.29) is 4.90 Å². The number of nitrogens with zero attached hydrogens (tertiary/aromatic N) is 2. The van der Waals surface area contributed by atoms with E-state index in [1.807, 2.05) is 0 Å². The van der Waals surface area contributed by atoms with Gasteiger partial charge in [0.05, 0.1) is 16.3 Å². The largest absolute Gasteiger partial charge is 0.573 e. The molecule has 0 spiro atoms. The normalized spacial score (nSPS) is 12.1. The third-order valence-electron chi connectivity index (χ3n) is 3.58. The van der Waals surface area contributed by atoms with Crippen molar-refractivity contribution in [1.82, 2.24) is 9.78 Å². The molecule has 0 aliphatic rings. The van der Waals surface area contributed by atoms with E-state index in [0.29, 0.717) is 18.7 Å². The van der Waals surface area contributed by atoms with Crippen LogP contribution in [0.3, 0.4) is 0 Å². The molecule has 0 radical (unpaired) electrons. The molecule has 3 rings (SSSR count). The molecule has 0 fully saturated rings. The lowest BCUT2D eigenvalue weighted by Gasteiger charge is -2.11. The number of hydrogen-bond acceptors (Lipinski definition) is 4. The Kier molecular flexibility index (Phi) is 4.92. The van der Waals surface area contributed by atoms with E-state index in [4.69, 9.17) is 0 Å². The Morgan fingerprint density at radius 3 is 2.26 bits per heavy atom. The number of alkyl halides is 3. The summed E-state index contributed by atoms with van der Waals surface area (Å²) in [5, 5.41) is 4.04. The van der Waals surface area contributed by atoms with Crippen LogP contribution in [0.1, 0.15) is 5.56 Å². The van der Waals surface area contributed by atoms with Crippen LogP contribution in [0.4, 0.5) is 17.6 Å². The van der Waals surface area contributed by atoms with Crippen LogP contribution in [0, 0.1) is 5.82 Å². The Morgan fingerprint density at radius 1 is 1.04 bits per heavy atom. The molecule has 5 nitrogen and oxygen atoms in total. The van der Waals surface area contributed by atoms with Gasteiger partial charge in [-0.05, 0) is 42.0 Å². The molecule has 0 atom stereocenters. The van der Waals surface area contributed by atoms with Crippen molar-refractivity contribution in [3.05, 3.63) is 72.3 Å². The molecule has 2 aromatic carbocycles. The smallest absolute Gasteiger partial charge is 0.403 e. The molecule has 142 valence electrons. The molecule has 1 heterocycles. The molecule has 3 aromatic rings. The first kappa shape index (κ1) is 18.9. The van der Waals surface area contributed by atoms with Gasteiger partial charge in [0.1, 0.15) is 0 Å². The molecular weight excluding hydrogens is 388 g/mol. The maximum absolute atomic E-state index is 13.8. The zero-order valence-corrected chi connectivity index (χ0v) is 14.3. The molecular formula is C17H12F4N2O3S. The van der Waals surface area contributed by atoms with Crippen LogP contribution in [-0.4, -0.2) is 24.6 Å². The van der Waals surface area contributed by atoms with Crippen molar-refractivity contribution in [3.63, 3.8) is 0 Å². The van der Waals surface area contributed by atoms with Gasteiger partial charge in [0, 0.05) is 12.4 Å². The van der Waals surface area contributed by atoms with E-state index in [9.17, 15) is 26.0 Å². The lowest BCUT2D eigenvalue weighted by Crippen LogP contribution is -2.18. The molecule has 27 heavy (non-hydrogen) atoms. The standard InChI is InChI=1S/C17H12F4N2O3S/c18-15-10-14(6-7-16(15)26-17(19,20)21)27(24,25)13-4-2-12(3-5-13)11-23-9-1-8-22-23/h1-10H,11H2. The maximum Gasteiger partial charge on any atom is 0.573 e. The highest BCUT2D eigenvalue weighted by Crippen LogP contribution is 2.29. The van der Waals surface area contributed by atoms with Gasteiger partial charge in [-0.25, -0.2) is 12.8 Å². The summed E-state index contributed by atoms with van der Waals surface area (Å²) in [6.07, 6.45) is -1.72. The van der Waals surface area contributed by atoms with Crippen LogP contribution >= 0.6 is 0 Å². The molecule has 1 aromatic heterocycles. The van der Waals surface area contributed by atoms with Crippen molar-refractivity contribution in [2.45, 2.75) is 22.7 Å². The number of hydrogen-bond donors (Lipinski definition) is 0.